The molecule has 1 heterocycles. The Kier molecular flexibility index (Phi) is 1.49. The van der Waals surface area contributed by atoms with Gasteiger partial charge < -0.3 is 0 Å². The van der Waals surface area contributed by atoms with E-state index in [2.05, 4.69) is 6.07 Å². The lowest BCUT2D eigenvalue weighted by Gasteiger charge is -2.01. The molecule has 1 aliphatic carbocycles. The van der Waals surface area contributed by atoms with Crippen molar-refractivity contribution >= 4 is 0 Å². The normalized spacial score (nSPS) is 17.8. The molecule has 0 unspecified atom stereocenters. The summed E-state index contributed by atoms with van der Waals surface area (Å²) in [7, 11) is 0. The molecule has 1 aromatic rings. The molecule has 1 saturated carbocycles. The molecule has 66 valence electrons. The van der Waals surface area contributed by atoms with Gasteiger partial charge in [-0.3, -0.25) is 5.21 Å². The minimum atomic E-state index is -0.549. The van der Waals surface area contributed by atoms with E-state index in [1.54, 1.807) is 0 Å². The summed E-state index contributed by atoms with van der Waals surface area (Å²) in [6, 6.07) is 3.43. The van der Waals surface area contributed by atoms with Crippen molar-refractivity contribution in [3.05, 3.63) is 29.8 Å². The molecule has 0 aliphatic heterocycles. The third kappa shape index (κ3) is 1.22. The molecule has 0 atom stereocenters. The molecule has 2 rings (SSSR count). The summed E-state index contributed by atoms with van der Waals surface area (Å²) >= 11 is 0. The van der Waals surface area contributed by atoms with Gasteiger partial charge in [-0.1, -0.05) is 0 Å². The SMILES string of the molecule is N#CC1(c2cc(F)c[n+](O)c2)CC1. The van der Waals surface area contributed by atoms with Crippen molar-refractivity contribution in [2.24, 2.45) is 0 Å². The van der Waals surface area contributed by atoms with E-state index in [-0.39, 0.29) is 0 Å². The molecule has 4 heteroatoms. The predicted octanol–water partition coefficient (Wildman–Crippen LogP) is 0.906. The van der Waals surface area contributed by atoms with E-state index in [0.717, 1.165) is 19.0 Å². The Balaban J connectivity index is 2.48. The highest BCUT2D eigenvalue weighted by Crippen LogP contribution is 2.47. The number of rotatable bonds is 1. The molecule has 0 bridgehead atoms. The summed E-state index contributed by atoms with van der Waals surface area (Å²) in [4.78, 5) is 0. The molecule has 0 radical (unpaired) electrons. The molecule has 0 amide bonds. The van der Waals surface area contributed by atoms with E-state index in [1.165, 1.54) is 12.3 Å². The average molecular weight is 179 g/mol. The first-order valence-electron chi connectivity index (χ1n) is 3.99. The first-order valence-corrected chi connectivity index (χ1v) is 3.99. The third-order valence-electron chi connectivity index (χ3n) is 2.34. The molecule has 3 nitrogen and oxygen atoms in total. The van der Waals surface area contributed by atoms with Crippen LogP contribution in [0, 0.1) is 17.1 Å². The molecule has 1 N–H and O–H groups in total. The van der Waals surface area contributed by atoms with E-state index in [4.69, 9.17) is 10.5 Å². The van der Waals surface area contributed by atoms with Gasteiger partial charge in [-0.2, -0.15) is 5.26 Å². The molecular formula is C9H8FN2O+. The molecule has 13 heavy (non-hydrogen) atoms. The van der Waals surface area contributed by atoms with Crippen LogP contribution in [0.2, 0.25) is 0 Å². The van der Waals surface area contributed by atoms with Crippen molar-refractivity contribution in [3.63, 3.8) is 0 Å². The van der Waals surface area contributed by atoms with Crippen molar-refractivity contribution < 1.29 is 14.3 Å². The molecule has 0 saturated heterocycles. The summed E-state index contributed by atoms with van der Waals surface area (Å²) in [5.74, 6) is -0.526. The molecular weight excluding hydrogens is 171 g/mol. The zero-order valence-electron chi connectivity index (χ0n) is 6.87. The number of nitriles is 1. The van der Waals surface area contributed by atoms with Gasteiger partial charge in [0, 0.05) is 10.3 Å². The van der Waals surface area contributed by atoms with E-state index < -0.39 is 11.2 Å². The Bertz CT molecular complexity index is 373. The second-order valence-corrected chi connectivity index (χ2v) is 3.32. The molecule has 0 aromatic carbocycles. The summed E-state index contributed by atoms with van der Waals surface area (Å²) in [6.07, 6.45) is 3.82. The lowest BCUT2D eigenvalue weighted by molar-refractivity contribution is -0.906. The van der Waals surface area contributed by atoms with Crippen LogP contribution >= 0.6 is 0 Å². The second kappa shape index (κ2) is 2.43. The van der Waals surface area contributed by atoms with Gasteiger partial charge in [0.2, 0.25) is 6.20 Å². The van der Waals surface area contributed by atoms with Gasteiger partial charge in [0.15, 0.2) is 5.82 Å². The second-order valence-electron chi connectivity index (χ2n) is 3.32. The van der Waals surface area contributed by atoms with Crippen LogP contribution in [0.4, 0.5) is 4.39 Å². The summed E-state index contributed by atoms with van der Waals surface area (Å²) < 4.78 is 13.5. The lowest BCUT2D eigenvalue weighted by atomic mass is 10.00. The molecule has 1 fully saturated rings. The van der Waals surface area contributed by atoms with Crippen LogP contribution in [0.25, 0.3) is 0 Å². The fourth-order valence-electron chi connectivity index (χ4n) is 1.38. The van der Waals surface area contributed by atoms with Crippen LogP contribution in [-0.4, -0.2) is 5.21 Å². The van der Waals surface area contributed by atoms with E-state index in [9.17, 15) is 4.39 Å². The number of aromatic nitrogens is 1. The quantitative estimate of drug-likeness (QED) is 0.514. The Morgan fingerprint density at radius 2 is 2.23 bits per heavy atom. The minimum Gasteiger partial charge on any atom is -0.285 e. The predicted molar refractivity (Wildman–Crippen MR) is 40.3 cm³/mol. The fourth-order valence-corrected chi connectivity index (χ4v) is 1.38. The maximum Gasteiger partial charge on any atom is 0.257 e. The van der Waals surface area contributed by atoms with Crippen molar-refractivity contribution in [3.8, 4) is 6.07 Å². The van der Waals surface area contributed by atoms with Crippen molar-refractivity contribution in [1.82, 2.24) is 0 Å². The van der Waals surface area contributed by atoms with Crippen LogP contribution in [0.1, 0.15) is 18.4 Å². The highest BCUT2D eigenvalue weighted by atomic mass is 19.1. The fraction of sp³-hybridized carbons (Fsp3) is 0.333. The monoisotopic (exact) mass is 179 g/mol. The summed E-state index contributed by atoms with van der Waals surface area (Å²) in [6.45, 7) is 0. The molecule has 1 aromatic heterocycles. The van der Waals surface area contributed by atoms with Crippen LogP contribution in [-0.2, 0) is 5.41 Å². The van der Waals surface area contributed by atoms with Crippen molar-refractivity contribution in [2.75, 3.05) is 0 Å². The molecule has 0 spiro atoms. The highest BCUT2D eigenvalue weighted by molar-refractivity contribution is 5.36. The number of hydrogen-bond acceptors (Lipinski definition) is 2. The minimum absolute atomic E-state index is 0.526. The van der Waals surface area contributed by atoms with Crippen molar-refractivity contribution in [2.45, 2.75) is 18.3 Å². The highest BCUT2D eigenvalue weighted by Gasteiger charge is 2.47. The van der Waals surface area contributed by atoms with Gasteiger partial charge >= 0.3 is 0 Å². The maximum absolute atomic E-state index is 12.8. The Morgan fingerprint density at radius 3 is 2.69 bits per heavy atom. The largest absolute Gasteiger partial charge is 0.285 e. The average Bonchev–Trinajstić information content (AvgIpc) is 2.82. The zero-order valence-corrected chi connectivity index (χ0v) is 6.87. The first kappa shape index (κ1) is 7.99. The summed E-state index contributed by atoms with van der Waals surface area (Å²) in [5, 5.41) is 17.9. The number of halogens is 1. The van der Waals surface area contributed by atoms with Crippen LogP contribution in [0.3, 0.4) is 0 Å². The standard InChI is InChI=1S/C9H8FN2O/c10-8-3-7(4-12(13)5-8)9(6-11)1-2-9/h3-5,13H,1-2H2/q+1. The van der Waals surface area contributed by atoms with Crippen LogP contribution in [0.15, 0.2) is 18.5 Å². The van der Waals surface area contributed by atoms with Crippen LogP contribution < -0.4 is 4.73 Å². The lowest BCUT2D eigenvalue weighted by Crippen LogP contribution is -2.31. The Hall–Kier alpha value is -1.63. The number of pyridine rings is 1. The van der Waals surface area contributed by atoms with Crippen molar-refractivity contribution in [1.29, 1.82) is 5.26 Å². The molecule has 1 aliphatic rings. The Morgan fingerprint density at radius 1 is 1.54 bits per heavy atom. The van der Waals surface area contributed by atoms with Gasteiger partial charge in [-0.25, -0.2) is 4.39 Å². The van der Waals surface area contributed by atoms with E-state index in [0.29, 0.717) is 10.3 Å². The maximum atomic E-state index is 12.8. The van der Waals surface area contributed by atoms with Gasteiger partial charge in [0.1, 0.15) is 0 Å². The van der Waals surface area contributed by atoms with Gasteiger partial charge in [-0.15, -0.1) is 0 Å². The number of hydrogen-bond donors (Lipinski definition) is 1. The topological polar surface area (TPSA) is 47.9 Å². The van der Waals surface area contributed by atoms with E-state index in [1.807, 2.05) is 0 Å². The summed E-state index contributed by atoms with van der Waals surface area (Å²) in [5.41, 5.74) is 0.00421. The van der Waals surface area contributed by atoms with Gasteiger partial charge in [0.25, 0.3) is 6.20 Å². The Labute approximate surface area is 74.6 Å². The third-order valence-corrected chi connectivity index (χ3v) is 2.34. The smallest absolute Gasteiger partial charge is 0.257 e. The van der Waals surface area contributed by atoms with Gasteiger partial charge in [0.05, 0.1) is 11.5 Å². The van der Waals surface area contributed by atoms with E-state index >= 15 is 0 Å². The van der Waals surface area contributed by atoms with Gasteiger partial charge in [-0.05, 0) is 18.9 Å². The van der Waals surface area contributed by atoms with Crippen LogP contribution in [0.5, 0.6) is 0 Å². The zero-order chi connectivity index (χ0) is 9.47. The number of nitrogens with zero attached hydrogens (tertiary/aromatic N) is 2. The first-order chi connectivity index (χ1) is 6.16.